The van der Waals surface area contributed by atoms with Crippen molar-refractivity contribution in [3.05, 3.63) is 53.4 Å². The minimum Gasteiger partial charge on any atom is -0.493 e. The molecule has 1 aliphatic heterocycles. The van der Waals surface area contributed by atoms with Crippen molar-refractivity contribution in [2.24, 2.45) is 11.7 Å². The number of nitrogens with zero attached hydrogens (tertiary/aromatic N) is 1. The highest BCUT2D eigenvalue weighted by Gasteiger charge is 2.46. The molecule has 0 radical (unpaired) electrons. The zero-order chi connectivity index (χ0) is 21.3. The van der Waals surface area contributed by atoms with E-state index in [0.717, 1.165) is 6.07 Å². The molecule has 4 atom stereocenters. The lowest BCUT2D eigenvalue weighted by Gasteiger charge is -2.23. The van der Waals surface area contributed by atoms with Crippen molar-refractivity contribution in [2.45, 2.75) is 32.0 Å². The van der Waals surface area contributed by atoms with Crippen molar-refractivity contribution >= 4 is 17.5 Å². The van der Waals surface area contributed by atoms with Crippen LogP contribution >= 0.6 is 0 Å². The third kappa shape index (κ3) is 3.91. The fraction of sp³-hybridized carbons (Fsp3) is 0.350. The SMILES string of the molecule is COc1c([C@H]2[C@H](C)[C@@H](C)O[C@@H]2C(=O)Nc2ccnc(C(N)=O)c2)ccc(F)c1F. The molecule has 2 amide bonds. The molecule has 3 N–H and O–H groups in total. The molecule has 0 unspecified atom stereocenters. The van der Waals surface area contributed by atoms with Crippen molar-refractivity contribution < 1.29 is 27.8 Å². The summed E-state index contributed by atoms with van der Waals surface area (Å²) in [5.74, 6) is -4.39. The average Bonchev–Trinajstić information content (AvgIpc) is 2.99. The maximum atomic E-state index is 14.2. The van der Waals surface area contributed by atoms with Crippen LogP contribution in [0.15, 0.2) is 30.5 Å². The van der Waals surface area contributed by atoms with E-state index in [2.05, 4.69) is 10.3 Å². The second-order valence-electron chi connectivity index (χ2n) is 6.91. The van der Waals surface area contributed by atoms with Crippen molar-refractivity contribution in [3.8, 4) is 5.75 Å². The first-order valence-corrected chi connectivity index (χ1v) is 8.98. The quantitative estimate of drug-likeness (QED) is 0.796. The van der Waals surface area contributed by atoms with Gasteiger partial charge in [-0.05, 0) is 31.0 Å². The lowest BCUT2D eigenvalue weighted by atomic mass is 9.82. The van der Waals surface area contributed by atoms with Gasteiger partial charge in [0, 0.05) is 23.4 Å². The molecule has 1 aliphatic rings. The van der Waals surface area contributed by atoms with Crippen molar-refractivity contribution in [3.63, 3.8) is 0 Å². The summed E-state index contributed by atoms with van der Waals surface area (Å²) in [7, 11) is 1.24. The van der Waals surface area contributed by atoms with E-state index in [1.165, 1.54) is 31.5 Å². The van der Waals surface area contributed by atoms with E-state index in [1.807, 2.05) is 6.92 Å². The van der Waals surface area contributed by atoms with Crippen LogP contribution in [0.3, 0.4) is 0 Å². The number of benzene rings is 1. The van der Waals surface area contributed by atoms with E-state index in [4.69, 9.17) is 15.2 Å². The molecule has 1 aromatic carbocycles. The maximum Gasteiger partial charge on any atom is 0.267 e. The molecule has 0 aliphatic carbocycles. The molecule has 29 heavy (non-hydrogen) atoms. The van der Waals surface area contributed by atoms with Crippen LogP contribution in [-0.4, -0.2) is 36.1 Å². The number of aromatic nitrogens is 1. The zero-order valence-electron chi connectivity index (χ0n) is 16.1. The van der Waals surface area contributed by atoms with Crippen LogP contribution in [0, 0.1) is 17.6 Å². The Morgan fingerprint density at radius 2 is 1.97 bits per heavy atom. The average molecular weight is 405 g/mol. The molecule has 7 nitrogen and oxygen atoms in total. The third-order valence-electron chi connectivity index (χ3n) is 5.18. The molecule has 1 aromatic heterocycles. The number of halogens is 2. The van der Waals surface area contributed by atoms with E-state index in [0.29, 0.717) is 11.3 Å². The summed E-state index contributed by atoms with van der Waals surface area (Å²) in [5, 5.41) is 2.66. The molecule has 9 heteroatoms. The van der Waals surface area contributed by atoms with Gasteiger partial charge in [0.25, 0.3) is 11.8 Å². The molecular formula is C20H21F2N3O4. The topological polar surface area (TPSA) is 104 Å². The summed E-state index contributed by atoms with van der Waals surface area (Å²) in [6.45, 7) is 3.66. The summed E-state index contributed by atoms with van der Waals surface area (Å²) in [6.07, 6.45) is 0.0444. The number of nitrogens with one attached hydrogen (secondary N) is 1. The molecule has 2 aromatic rings. The number of pyridine rings is 1. The lowest BCUT2D eigenvalue weighted by Crippen LogP contribution is -2.33. The minimum absolute atomic E-state index is 0.00398. The van der Waals surface area contributed by atoms with Gasteiger partial charge in [-0.2, -0.15) is 4.39 Å². The number of methoxy groups -OCH3 is 1. The minimum atomic E-state index is -1.11. The molecule has 154 valence electrons. The smallest absolute Gasteiger partial charge is 0.267 e. The van der Waals surface area contributed by atoms with Crippen LogP contribution in [0.5, 0.6) is 5.75 Å². The van der Waals surface area contributed by atoms with Crippen LogP contribution in [0.25, 0.3) is 0 Å². The van der Waals surface area contributed by atoms with Crippen LogP contribution in [0.2, 0.25) is 0 Å². The zero-order valence-corrected chi connectivity index (χ0v) is 16.1. The third-order valence-corrected chi connectivity index (χ3v) is 5.18. The van der Waals surface area contributed by atoms with Gasteiger partial charge in [-0.3, -0.25) is 14.6 Å². The molecule has 1 fully saturated rings. The summed E-state index contributed by atoms with van der Waals surface area (Å²) < 4.78 is 38.8. The number of anilines is 1. The number of hydrogen-bond acceptors (Lipinski definition) is 5. The van der Waals surface area contributed by atoms with Crippen molar-refractivity contribution in [1.82, 2.24) is 4.98 Å². The summed E-state index contributed by atoms with van der Waals surface area (Å²) in [5.41, 5.74) is 5.86. The fourth-order valence-corrected chi connectivity index (χ4v) is 3.55. The highest BCUT2D eigenvalue weighted by Crippen LogP contribution is 2.44. The van der Waals surface area contributed by atoms with E-state index >= 15 is 0 Å². The van der Waals surface area contributed by atoms with E-state index in [1.54, 1.807) is 6.92 Å². The van der Waals surface area contributed by atoms with E-state index in [-0.39, 0.29) is 23.5 Å². The van der Waals surface area contributed by atoms with Gasteiger partial charge >= 0.3 is 0 Å². The Hall–Kier alpha value is -3.07. The number of nitrogens with two attached hydrogens (primary N) is 1. The van der Waals surface area contributed by atoms with Gasteiger partial charge in [-0.15, -0.1) is 0 Å². The van der Waals surface area contributed by atoms with Crippen LogP contribution in [0.1, 0.15) is 35.8 Å². The number of hydrogen-bond donors (Lipinski definition) is 2. The van der Waals surface area contributed by atoms with Crippen LogP contribution < -0.4 is 15.8 Å². The van der Waals surface area contributed by atoms with Gasteiger partial charge in [0.05, 0.1) is 13.2 Å². The standard InChI is InChI=1S/C20H21F2N3O4/c1-9-10(2)29-18(15(9)12-4-5-13(21)16(22)17(12)28-3)20(27)25-11-6-7-24-14(8-11)19(23)26/h4-10,15,18H,1-3H3,(H2,23,26)(H,24,25,27)/t9-,10-,15-,18+/m1/s1. The Bertz CT molecular complexity index is 953. The van der Waals surface area contributed by atoms with Crippen molar-refractivity contribution in [1.29, 1.82) is 0 Å². The van der Waals surface area contributed by atoms with E-state index < -0.39 is 35.5 Å². The second-order valence-corrected chi connectivity index (χ2v) is 6.91. The number of ether oxygens (including phenoxy) is 2. The number of carbonyl (C=O) groups excluding carboxylic acids is 2. The molecular weight excluding hydrogens is 384 g/mol. The highest BCUT2D eigenvalue weighted by atomic mass is 19.2. The Kier molecular flexibility index (Phi) is 5.78. The van der Waals surface area contributed by atoms with E-state index in [9.17, 15) is 18.4 Å². The predicted molar refractivity (Wildman–Crippen MR) is 101 cm³/mol. The number of carbonyl (C=O) groups is 2. The first kappa shape index (κ1) is 20.7. The molecule has 2 heterocycles. The van der Waals surface area contributed by atoms with Gasteiger partial charge < -0.3 is 20.5 Å². The Labute approximate surface area is 166 Å². The molecule has 0 spiro atoms. The second kappa shape index (κ2) is 8.12. The maximum absolute atomic E-state index is 14.2. The molecule has 1 saturated heterocycles. The van der Waals surface area contributed by atoms with Gasteiger partial charge in [0.15, 0.2) is 11.6 Å². The number of amides is 2. The van der Waals surface area contributed by atoms with Gasteiger partial charge in [-0.25, -0.2) is 4.39 Å². The monoisotopic (exact) mass is 405 g/mol. The van der Waals surface area contributed by atoms with Gasteiger partial charge in [0.1, 0.15) is 11.8 Å². The first-order chi connectivity index (χ1) is 13.7. The molecule has 0 bridgehead atoms. The fourth-order valence-electron chi connectivity index (χ4n) is 3.55. The van der Waals surface area contributed by atoms with Crippen LogP contribution in [-0.2, 0) is 9.53 Å². The normalized spacial score (nSPS) is 23.6. The predicted octanol–water partition coefficient (Wildman–Crippen LogP) is 2.61. The molecule has 0 saturated carbocycles. The Morgan fingerprint density at radius 3 is 2.62 bits per heavy atom. The van der Waals surface area contributed by atoms with Gasteiger partial charge in [0.2, 0.25) is 5.82 Å². The van der Waals surface area contributed by atoms with Crippen molar-refractivity contribution in [2.75, 3.05) is 12.4 Å². The summed E-state index contributed by atoms with van der Waals surface area (Å²) in [4.78, 5) is 28.1. The van der Waals surface area contributed by atoms with Gasteiger partial charge in [-0.1, -0.05) is 13.0 Å². The largest absolute Gasteiger partial charge is 0.493 e. The lowest BCUT2D eigenvalue weighted by molar-refractivity contribution is -0.127. The summed E-state index contributed by atoms with van der Waals surface area (Å²) >= 11 is 0. The first-order valence-electron chi connectivity index (χ1n) is 8.98. The Balaban J connectivity index is 1.94. The summed E-state index contributed by atoms with van der Waals surface area (Å²) in [6, 6.07) is 5.24. The van der Waals surface area contributed by atoms with Crippen LogP contribution in [0.4, 0.5) is 14.5 Å². The molecule has 3 rings (SSSR count). The number of primary amides is 1. The number of rotatable bonds is 5. The Morgan fingerprint density at radius 1 is 1.24 bits per heavy atom. The highest BCUT2D eigenvalue weighted by molar-refractivity contribution is 5.97.